The smallest absolute Gasteiger partial charge is 0.310 e. The summed E-state index contributed by atoms with van der Waals surface area (Å²) in [6, 6.07) is 0. The first-order valence-corrected chi connectivity index (χ1v) is 8.25. The molecule has 24 heavy (non-hydrogen) atoms. The zero-order chi connectivity index (χ0) is 16.7. The molecule has 0 aliphatic carbocycles. The molecule has 1 unspecified atom stereocenters. The van der Waals surface area contributed by atoms with Gasteiger partial charge in [-0.15, -0.1) is 24.0 Å². The van der Waals surface area contributed by atoms with Crippen molar-refractivity contribution in [3.63, 3.8) is 0 Å². The standard InChI is InChI=1S/C16H27N5O2.HI/c1-4-23-15(22)14-6-5-8-20(12-14)16(17-3)18-7-9-21-11-13(2)10-19-21;/h10-11,14H,4-9,12H2,1-3H3,(H,17,18);1H. The molecule has 1 fully saturated rings. The predicted octanol–water partition coefficient (Wildman–Crippen LogP) is 1.66. The molecule has 0 aromatic carbocycles. The zero-order valence-corrected chi connectivity index (χ0v) is 17.0. The molecule has 0 amide bonds. The summed E-state index contributed by atoms with van der Waals surface area (Å²) in [5, 5.41) is 7.62. The molecule has 1 aliphatic rings. The van der Waals surface area contributed by atoms with Gasteiger partial charge in [-0.2, -0.15) is 5.10 Å². The number of ether oxygens (including phenoxy) is 1. The molecule has 1 saturated heterocycles. The lowest BCUT2D eigenvalue weighted by atomic mass is 9.98. The van der Waals surface area contributed by atoms with Crippen molar-refractivity contribution in [2.45, 2.75) is 33.2 Å². The first-order chi connectivity index (χ1) is 11.1. The topological polar surface area (TPSA) is 71.8 Å². The molecule has 2 rings (SSSR count). The quantitative estimate of drug-likeness (QED) is 0.321. The Bertz CT molecular complexity index is 546. The van der Waals surface area contributed by atoms with Crippen molar-refractivity contribution in [3.8, 4) is 0 Å². The Kier molecular flexibility index (Phi) is 9.09. The van der Waals surface area contributed by atoms with Gasteiger partial charge in [0.1, 0.15) is 0 Å². The van der Waals surface area contributed by atoms with E-state index >= 15 is 0 Å². The van der Waals surface area contributed by atoms with Gasteiger partial charge >= 0.3 is 5.97 Å². The molecule has 136 valence electrons. The van der Waals surface area contributed by atoms with Crippen molar-refractivity contribution in [3.05, 3.63) is 18.0 Å². The molecule has 8 heteroatoms. The average molecular weight is 449 g/mol. The number of hydrogen-bond donors (Lipinski definition) is 1. The molecule has 7 nitrogen and oxygen atoms in total. The minimum Gasteiger partial charge on any atom is -0.466 e. The molecule has 1 aromatic rings. The van der Waals surface area contributed by atoms with Gasteiger partial charge in [0.05, 0.1) is 25.3 Å². The number of esters is 1. The molecule has 0 bridgehead atoms. The fraction of sp³-hybridized carbons (Fsp3) is 0.688. The van der Waals surface area contributed by atoms with E-state index in [0.717, 1.165) is 44.0 Å². The first-order valence-electron chi connectivity index (χ1n) is 8.25. The van der Waals surface area contributed by atoms with Gasteiger partial charge in [0.25, 0.3) is 0 Å². The fourth-order valence-corrected chi connectivity index (χ4v) is 2.83. The van der Waals surface area contributed by atoms with Crippen LogP contribution in [0.3, 0.4) is 0 Å². The number of halogens is 1. The highest BCUT2D eigenvalue weighted by Gasteiger charge is 2.28. The second-order valence-electron chi connectivity index (χ2n) is 5.79. The summed E-state index contributed by atoms with van der Waals surface area (Å²) >= 11 is 0. The van der Waals surface area contributed by atoms with E-state index in [9.17, 15) is 4.79 Å². The zero-order valence-electron chi connectivity index (χ0n) is 14.7. The summed E-state index contributed by atoms with van der Waals surface area (Å²) in [6.07, 6.45) is 5.73. The molecule has 2 heterocycles. The molecule has 1 N–H and O–H groups in total. The van der Waals surface area contributed by atoms with E-state index in [2.05, 4.69) is 20.3 Å². The van der Waals surface area contributed by atoms with Crippen molar-refractivity contribution in [2.75, 3.05) is 33.3 Å². The number of hydrogen-bond acceptors (Lipinski definition) is 4. The second kappa shape index (κ2) is 10.5. The van der Waals surface area contributed by atoms with Crippen LogP contribution in [0.1, 0.15) is 25.3 Å². The van der Waals surface area contributed by atoms with Crippen LogP contribution in [0.5, 0.6) is 0 Å². The number of nitrogens with zero attached hydrogens (tertiary/aromatic N) is 4. The Labute approximate surface area is 160 Å². The number of piperidine rings is 1. The number of guanidine groups is 1. The SMILES string of the molecule is CCOC(=O)C1CCCN(C(=NC)NCCn2cc(C)cn2)C1.I. The van der Waals surface area contributed by atoms with Gasteiger partial charge in [0, 0.05) is 32.9 Å². The minimum atomic E-state index is -0.0975. The molecule has 1 aliphatic heterocycles. The normalized spacial score (nSPS) is 18.0. The number of likely N-dealkylation sites (tertiary alicyclic amines) is 1. The Morgan fingerprint density at radius 1 is 1.54 bits per heavy atom. The van der Waals surface area contributed by atoms with Crippen LogP contribution in [0.25, 0.3) is 0 Å². The van der Waals surface area contributed by atoms with Crippen molar-refractivity contribution in [1.82, 2.24) is 20.0 Å². The van der Waals surface area contributed by atoms with Crippen LogP contribution < -0.4 is 5.32 Å². The van der Waals surface area contributed by atoms with E-state index in [1.165, 1.54) is 0 Å². The predicted molar refractivity (Wildman–Crippen MR) is 105 cm³/mol. The monoisotopic (exact) mass is 449 g/mol. The van der Waals surface area contributed by atoms with Crippen LogP contribution in [0.15, 0.2) is 17.4 Å². The van der Waals surface area contributed by atoms with E-state index in [-0.39, 0.29) is 35.9 Å². The summed E-state index contributed by atoms with van der Waals surface area (Å²) in [4.78, 5) is 18.4. The molecule has 1 aromatic heterocycles. The van der Waals surface area contributed by atoms with Crippen LogP contribution in [0, 0.1) is 12.8 Å². The maximum absolute atomic E-state index is 11.9. The number of carbonyl (C=O) groups is 1. The van der Waals surface area contributed by atoms with E-state index in [0.29, 0.717) is 13.2 Å². The van der Waals surface area contributed by atoms with Gasteiger partial charge < -0.3 is 15.0 Å². The molecular weight excluding hydrogens is 421 g/mol. The van der Waals surface area contributed by atoms with Crippen LogP contribution >= 0.6 is 24.0 Å². The molecular formula is C16H28IN5O2. The maximum atomic E-state index is 11.9. The third-order valence-electron chi connectivity index (χ3n) is 3.94. The lowest BCUT2D eigenvalue weighted by Gasteiger charge is -2.33. The first kappa shape index (κ1) is 20.7. The van der Waals surface area contributed by atoms with Gasteiger partial charge in [-0.1, -0.05) is 0 Å². The van der Waals surface area contributed by atoms with Gasteiger partial charge in [-0.25, -0.2) is 0 Å². The summed E-state index contributed by atoms with van der Waals surface area (Å²) < 4.78 is 7.06. The number of rotatable bonds is 5. The Hall–Kier alpha value is -1.32. The van der Waals surface area contributed by atoms with Crippen molar-refractivity contribution >= 4 is 35.9 Å². The average Bonchev–Trinajstić information content (AvgIpc) is 2.97. The van der Waals surface area contributed by atoms with Crippen molar-refractivity contribution < 1.29 is 9.53 Å². The van der Waals surface area contributed by atoms with Crippen LogP contribution in [0.4, 0.5) is 0 Å². The Balaban J connectivity index is 0.00000288. The highest BCUT2D eigenvalue weighted by molar-refractivity contribution is 14.0. The van der Waals surface area contributed by atoms with Crippen LogP contribution in [0.2, 0.25) is 0 Å². The van der Waals surface area contributed by atoms with E-state index < -0.39 is 0 Å². The maximum Gasteiger partial charge on any atom is 0.310 e. The minimum absolute atomic E-state index is 0. The summed E-state index contributed by atoms with van der Waals surface area (Å²) in [5.41, 5.74) is 1.16. The third kappa shape index (κ3) is 5.95. The highest BCUT2D eigenvalue weighted by atomic mass is 127. The molecule has 0 spiro atoms. The summed E-state index contributed by atoms with van der Waals surface area (Å²) in [7, 11) is 1.77. The van der Waals surface area contributed by atoms with Gasteiger partial charge in [0.15, 0.2) is 5.96 Å². The van der Waals surface area contributed by atoms with Crippen LogP contribution in [-0.2, 0) is 16.1 Å². The summed E-state index contributed by atoms with van der Waals surface area (Å²) in [6.45, 7) is 7.41. The Morgan fingerprint density at radius 3 is 2.96 bits per heavy atom. The lowest BCUT2D eigenvalue weighted by Crippen LogP contribution is -2.48. The number of aliphatic imine (C=N–C) groups is 1. The van der Waals surface area contributed by atoms with Gasteiger partial charge in [0.2, 0.25) is 0 Å². The van der Waals surface area contributed by atoms with Crippen molar-refractivity contribution in [1.29, 1.82) is 0 Å². The van der Waals surface area contributed by atoms with Crippen molar-refractivity contribution in [2.24, 2.45) is 10.9 Å². The Morgan fingerprint density at radius 2 is 2.33 bits per heavy atom. The second-order valence-corrected chi connectivity index (χ2v) is 5.79. The number of carbonyl (C=O) groups excluding carboxylic acids is 1. The number of nitrogens with one attached hydrogen (secondary N) is 1. The van der Waals surface area contributed by atoms with Gasteiger partial charge in [-0.05, 0) is 32.3 Å². The lowest BCUT2D eigenvalue weighted by molar-refractivity contribution is -0.149. The molecule has 1 atom stereocenters. The third-order valence-corrected chi connectivity index (χ3v) is 3.94. The van der Waals surface area contributed by atoms with E-state index in [4.69, 9.17) is 4.74 Å². The van der Waals surface area contributed by atoms with E-state index in [1.54, 1.807) is 7.05 Å². The number of aryl methyl sites for hydroxylation is 1. The highest BCUT2D eigenvalue weighted by Crippen LogP contribution is 2.18. The molecule has 0 radical (unpaired) electrons. The largest absolute Gasteiger partial charge is 0.466 e. The number of aromatic nitrogens is 2. The fourth-order valence-electron chi connectivity index (χ4n) is 2.83. The van der Waals surface area contributed by atoms with E-state index in [1.807, 2.05) is 30.9 Å². The van der Waals surface area contributed by atoms with Gasteiger partial charge in [-0.3, -0.25) is 14.5 Å². The van der Waals surface area contributed by atoms with Crippen LogP contribution in [-0.4, -0.2) is 59.9 Å². The summed E-state index contributed by atoms with van der Waals surface area (Å²) in [5.74, 6) is 0.679. The molecule has 0 saturated carbocycles.